The number of piperazine rings is 1. The van der Waals surface area contributed by atoms with Crippen LogP contribution in [-0.2, 0) is 10.0 Å². The Kier molecular flexibility index (Phi) is 10.9. The molecule has 1 saturated heterocycles. The quantitative estimate of drug-likeness (QED) is 0.654. The number of nitrogens with zero attached hydrogens (tertiary/aromatic N) is 1. The summed E-state index contributed by atoms with van der Waals surface area (Å²) in [6.45, 7) is 7.41. The third-order valence-corrected chi connectivity index (χ3v) is 5.94. The number of aryl methyl sites for hydroxylation is 1. The maximum atomic E-state index is 12.2. The van der Waals surface area contributed by atoms with Crippen LogP contribution >= 0.6 is 40.7 Å². The maximum absolute atomic E-state index is 12.2. The molecule has 0 amide bonds. The summed E-state index contributed by atoms with van der Waals surface area (Å²) in [6, 6.07) is 5.07. The molecule has 0 bridgehead atoms. The summed E-state index contributed by atoms with van der Waals surface area (Å²) in [5.41, 5.74) is 0.915. The molecule has 2 N–H and O–H groups in total. The first-order chi connectivity index (χ1) is 9.99. The van der Waals surface area contributed by atoms with Crippen LogP contribution in [0.25, 0.3) is 0 Å². The lowest BCUT2D eigenvalue weighted by atomic mass is 10.2. The fraction of sp³-hybridized carbons (Fsp3) is 0.571. The normalized spacial score (nSPS) is 15.6. The van der Waals surface area contributed by atoms with Gasteiger partial charge >= 0.3 is 0 Å². The van der Waals surface area contributed by atoms with E-state index in [0.717, 1.165) is 49.2 Å². The molecule has 0 radical (unpaired) electrons. The molecule has 1 aromatic rings. The van der Waals surface area contributed by atoms with E-state index in [-0.39, 0.29) is 24.8 Å². The third-order valence-electron chi connectivity index (χ3n) is 3.59. The van der Waals surface area contributed by atoms with E-state index in [0.29, 0.717) is 11.4 Å². The Morgan fingerprint density at radius 2 is 1.91 bits per heavy atom. The van der Waals surface area contributed by atoms with E-state index in [1.807, 2.05) is 6.92 Å². The molecule has 0 spiro atoms. The molecule has 1 fully saturated rings. The van der Waals surface area contributed by atoms with E-state index >= 15 is 0 Å². The van der Waals surface area contributed by atoms with Gasteiger partial charge in [-0.05, 0) is 43.7 Å². The second kappa shape index (κ2) is 10.9. The van der Waals surface area contributed by atoms with Crippen LogP contribution in [0.1, 0.15) is 12.0 Å². The smallest absolute Gasteiger partial charge is 0.240 e. The van der Waals surface area contributed by atoms with E-state index in [1.165, 1.54) is 0 Å². The molecule has 5 nitrogen and oxygen atoms in total. The zero-order chi connectivity index (χ0) is 15.3. The van der Waals surface area contributed by atoms with Gasteiger partial charge < -0.3 is 10.2 Å². The van der Waals surface area contributed by atoms with Crippen molar-refractivity contribution in [1.29, 1.82) is 0 Å². The molecular weight excluding hydrogens is 425 g/mol. The van der Waals surface area contributed by atoms with E-state index in [1.54, 1.807) is 18.2 Å². The lowest BCUT2D eigenvalue weighted by Crippen LogP contribution is -2.44. The molecule has 1 aliphatic heterocycles. The molecule has 0 atom stereocenters. The average Bonchev–Trinajstić information content (AvgIpc) is 2.47. The Bertz CT molecular complexity index is 581. The molecule has 0 saturated carbocycles. The fourth-order valence-corrected chi connectivity index (χ4v) is 3.72. The van der Waals surface area contributed by atoms with E-state index in [9.17, 15) is 8.42 Å². The Labute approximate surface area is 159 Å². The molecule has 1 aromatic carbocycles. The molecule has 9 heteroatoms. The largest absolute Gasteiger partial charge is 0.314 e. The first kappa shape index (κ1) is 23.1. The van der Waals surface area contributed by atoms with Crippen LogP contribution < -0.4 is 10.0 Å². The van der Waals surface area contributed by atoms with Crippen LogP contribution in [-0.4, -0.2) is 52.6 Å². The zero-order valence-corrected chi connectivity index (χ0v) is 17.1. The number of hydrogen-bond donors (Lipinski definition) is 2. The minimum Gasteiger partial charge on any atom is -0.314 e. The molecule has 1 aliphatic rings. The van der Waals surface area contributed by atoms with Crippen molar-refractivity contribution < 1.29 is 8.42 Å². The first-order valence-corrected chi connectivity index (χ1v) is 9.45. The molecule has 0 aromatic heterocycles. The van der Waals surface area contributed by atoms with Gasteiger partial charge in [-0.25, -0.2) is 13.1 Å². The minimum atomic E-state index is -3.40. The van der Waals surface area contributed by atoms with E-state index < -0.39 is 10.0 Å². The van der Waals surface area contributed by atoms with Crippen molar-refractivity contribution in [3.05, 3.63) is 28.2 Å². The lowest BCUT2D eigenvalue weighted by Gasteiger charge is -2.27. The van der Waals surface area contributed by atoms with Gasteiger partial charge in [0.05, 0.1) is 4.90 Å². The SMILES string of the molecule is Cc1cc(S(=O)(=O)NCCCN2CCNCC2)ccc1Br.Cl.Cl. The Morgan fingerprint density at radius 3 is 2.52 bits per heavy atom. The summed E-state index contributed by atoms with van der Waals surface area (Å²) in [6.07, 6.45) is 0.828. The first-order valence-electron chi connectivity index (χ1n) is 7.18. The van der Waals surface area contributed by atoms with Gasteiger partial charge in [-0.3, -0.25) is 0 Å². The van der Waals surface area contributed by atoms with E-state index in [4.69, 9.17) is 0 Å². The summed E-state index contributed by atoms with van der Waals surface area (Å²) in [7, 11) is -3.40. The lowest BCUT2D eigenvalue weighted by molar-refractivity contribution is 0.239. The highest BCUT2D eigenvalue weighted by Gasteiger charge is 2.15. The minimum absolute atomic E-state index is 0. The van der Waals surface area contributed by atoms with Gasteiger partial charge in [0.25, 0.3) is 0 Å². The summed E-state index contributed by atoms with van der Waals surface area (Å²) in [4.78, 5) is 2.68. The fourth-order valence-electron chi connectivity index (χ4n) is 2.31. The number of rotatable bonds is 6. The molecule has 0 unspecified atom stereocenters. The third kappa shape index (κ3) is 7.25. The molecule has 2 rings (SSSR count). The Hall–Kier alpha value is 0.110. The Morgan fingerprint density at radius 1 is 1.26 bits per heavy atom. The monoisotopic (exact) mass is 447 g/mol. The second-order valence-corrected chi connectivity index (χ2v) is 7.88. The highest BCUT2D eigenvalue weighted by atomic mass is 79.9. The van der Waals surface area contributed by atoms with Crippen LogP contribution in [0.2, 0.25) is 0 Å². The van der Waals surface area contributed by atoms with Crippen molar-refractivity contribution in [3.8, 4) is 0 Å². The van der Waals surface area contributed by atoms with Crippen molar-refractivity contribution in [1.82, 2.24) is 14.9 Å². The second-order valence-electron chi connectivity index (χ2n) is 5.25. The highest BCUT2D eigenvalue weighted by Crippen LogP contribution is 2.19. The van der Waals surface area contributed by atoms with Gasteiger partial charge in [0.2, 0.25) is 10.0 Å². The van der Waals surface area contributed by atoms with Gasteiger partial charge in [0.15, 0.2) is 0 Å². The summed E-state index contributed by atoms with van der Waals surface area (Å²) in [5, 5.41) is 3.30. The van der Waals surface area contributed by atoms with Gasteiger partial charge in [0, 0.05) is 37.2 Å². The number of hydrogen-bond acceptors (Lipinski definition) is 4. The van der Waals surface area contributed by atoms with Crippen molar-refractivity contribution in [2.75, 3.05) is 39.3 Å². The topological polar surface area (TPSA) is 61.4 Å². The maximum Gasteiger partial charge on any atom is 0.240 e. The van der Waals surface area contributed by atoms with Gasteiger partial charge in [-0.1, -0.05) is 15.9 Å². The molecule has 0 aliphatic carbocycles. The molecule has 1 heterocycles. The summed E-state index contributed by atoms with van der Waals surface area (Å²) in [5.74, 6) is 0. The summed E-state index contributed by atoms with van der Waals surface area (Å²) < 4.78 is 28.0. The van der Waals surface area contributed by atoms with Crippen LogP contribution in [0.4, 0.5) is 0 Å². The van der Waals surface area contributed by atoms with Crippen LogP contribution in [0.5, 0.6) is 0 Å². The highest BCUT2D eigenvalue weighted by molar-refractivity contribution is 9.10. The predicted molar refractivity (Wildman–Crippen MR) is 102 cm³/mol. The van der Waals surface area contributed by atoms with Crippen LogP contribution in [0, 0.1) is 6.92 Å². The number of halogens is 3. The number of sulfonamides is 1. The number of benzene rings is 1. The van der Waals surface area contributed by atoms with Crippen LogP contribution in [0.15, 0.2) is 27.6 Å². The van der Waals surface area contributed by atoms with E-state index in [2.05, 4.69) is 30.9 Å². The standard InChI is InChI=1S/C14H22BrN3O2S.2ClH/c1-12-11-13(3-4-14(12)15)21(19,20)17-5-2-8-18-9-6-16-7-10-18;;/h3-4,11,16-17H,2,5-10H2,1H3;2*1H. The van der Waals surface area contributed by atoms with Crippen molar-refractivity contribution in [2.45, 2.75) is 18.2 Å². The molecule has 134 valence electrons. The zero-order valence-electron chi connectivity index (χ0n) is 13.0. The summed E-state index contributed by atoms with van der Waals surface area (Å²) >= 11 is 3.38. The van der Waals surface area contributed by atoms with Gasteiger partial charge in [-0.15, -0.1) is 24.8 Å². The van der Waals surface area contributed by atoms with Crippen molar-refractivity contribution in [3.63, 3.8) is 0 Å². The predicted octanol–water partition coefficient (Wildman–Crippen LogP) is 2.17. The average molecular weight is 449 g/mol. The Balaban J connectivity index is 0.00000242. The molecular formula is C14H24BrCl2N3O2S. The van der Waals surface area contributed by atoms with Crippen molar-refractivity contribution in [2.24, 2.45) is 0 Å². The van der Waals surface area contributed by atoms with Crippen molar-refractivity contribution >= 4 is 50.8 Å². The van der Waals surface area contributed by atoms with Gasteiger partial charge in [0.1, 0.15) is 0 Å². The number of nitrogens with one attached hydrogen (secondary N) is 2. The van der Waals surface area contributed by atoms with Gasteiger partial charge in [-0.2, -0.15) is 0 Å². The van der Waals surface area contributed by atoms with Crippen LogP contribution in [0.3, 0.4) is 0 Å². The molecule has 23 heavy (non-hydrogen) atoms.